The Morgan fingerprint density at radius 1 is 1.19 bits per heavy atom. The number of likely N-dealkylation sites (tertiary alicyclic amines) is 1. The van der Waals surface area contributed by atoms with Crippen molar-refractivity contribution < 1.29 is 22.8 Å². The summed E-state index contributed by atoms with van der Waals surface area (Å²) >= 11 is 2.40. The molecule has 0 spiro atoms. The number of fused-ring (bicyclic) bond motifs is 3. The molecule has 2 aromatic rings. The molecule has 2 aliphatic rings. The maximum Gasteiger partial charge on any atom is 0.400 e. The average molecular weight is 473 g/mol. The Balaban J connectivity index is 1.59. The monoisotopic (exact) mass is 472 g/mol. The Bertz CT molecular complexity index is 1040. The summed E-state index contributed by atoms with van der Waals surface area (Å²) in [6, 6.07) is -0.612. The van der Waals surface area contributed by atoms with E-state index in [1.807, 2.05) is 6.92 Å². The van der Waals surface area contributed by atoms with Gasteiger partial charge in [0.25, 0.3) is 0 Å². The Kier molecular flexibility index (Phi) is 5.40. The molecular formula is C20H23F3N4O2S2. The van der Waals surface area contributed by atoms with Gasteiger partial charge in [0.05, 0.1) is 22.7 Å². The summed E-state index contributed by atoms with van der Waals surface area (Å²) in [7, 11) is 0. The molecule has 31 heavy (non-hydrogen) atoms. The molecule has 1 saturated heterocycles. The Morgan fingerprint density at radius 2 is 1.90 bits per heavy atom. The van der Waals surface area contributed by atoms with Crippen molar-refractivity contribution in [1.29, 1.82) is 0 Å². The molecule has 2 N–H and O–H groups in total. The first kappa shape index (κ1) is 22.2. The van der Waals surface area contributed by atoms with E-state index in [2.05, 4.69) is 9.97 Å². The van der Waals surface area contributed by atoms with Gasteiger partial charge in [-0.2, -0.15) is 13.2 Å². The van der Waals surface area contributed by atoms with Gasteiger partial charge in [0.2, 0.25) is 11.8 Å². The normalized spacial score (nSPS) is 21.2. The lowest BCUT2D eigenvalue weighted by Gasteiger charge is -2.25. The standard InChI is InChI=1S/C20H23F3N4O2S2/c1-9-6-7-27(15(9)17(24)29)13(28)8-12-25-10-4-5-11-14(16(10)31-12)26-18(30-11)19(2,3)20(21,22)23/h9,15H,4-8H2,1-3H3,(H2,24,29)/t9-,15+/m1/s1. The topological polar surface area (TPSA) is 89.2 Å². The molecular weight excluding hydrogens is 449 g/mol. The van der Waals surface area contributed by atoms with Crippen LogP contribution >= 0.6 is 22.7 Å². The van der Waals surface area contributed by atoms with Crippen LogP contribution in [0.2, 0.25) is 0 Å². The maximum absolute atomic E-state index is 13.5. The molecule has 4 rings (SSSR count). The minimum Gasteiger partial charge on any atom is -0.368 e. The zero-order valence-electron chi connectivity index (χ0n) is 17.4. The molecule has 168 valence electrons. The maximum atomic E-state index is 13.5. The van der Waals surface area contributed by atoms with Gasteiger partial charge >= 0.3 is 6.18 Å². The Labute approximate surface area is 185 Å². The zero-order chi connectivity index (χ0) is 22.7. The summed E-state index contributed by atoms with van der Waals surface area (Å²) < 4.78 is 40.4. The van der Waals surface area contributed by atoms with Gasteiger partial charge in [-0.3, -0.25) is 9.59 Å². The minimum atomic E-state index is -4.40. The summed E-state index contributed by atoms with van der Waals surface area (Å²) in [4.78, 5) is 36.6. The molecule has 0 radical (unpaired) electrons. The fraction of sp³-hybridized carbons (Fsp3) is 0.600. The van der Waals surface area contributed by atoms with Crippen LogP contribution < -0.4 is 5.73 Å². The molecule has 0 unspecified atom stereocenters. The van der Waals surface area contributed by atoms with Crippen LogP contribution in [0, 0.1) is 5.92 Å². The quantitative estimate of drug-likeness (QED) is 0.738. The fourth-order valence-electron chi connectivity index (χ4n) is 4.04. The predicted octanol–water partition coefficient (Wildman–Crippen LogP) is 3.47. The lowest BCUT2D eigenvalue weighted by atomic mass is 9.94. The van der Waals surface area contributed by atoms with Crippen molar-refractivity contribution in [2.75, 3.05) is 6.54 Å². The van der Waals surface area contributed by atoms with Crippen molar-refractivity contribution in [2.24, 2.45) is 11.7 Å². The van der Waals surface area contributed by atoms with E-state index >= 15 is 0 Å². The third-order valence-corrected chi connectivity index (χ3v) is 8.64. The third kappa shape index (κ3) is 3.75. The number of carbonyl (C=O) groups excluding carboxylic acids is 2. The first-order valence-electron chi connectivity index (χ1n) is 10.0. The Hall–Kier alpha value is -2.01. The highest BCUT2D eigenvalue weighted by molar-refractivity contribution is 7.16. The summed E-state index contributed by atoms with van der Waals surface area (Å²) in [6.07, 6.45) is -2.46. The number of rotatable bonds is 4. The number of hydrogen-bond donors (Lipinski definition) is 1. The smallest absolute Gasteiger partial charge is 0.368 e. The zero-order valence-corrected chi connectivity index (χ0v) is 19.0. The van der Waals surface area contributed by atoms with Crippen LogP contribution in [-0.4, -0.2) is 45.4 Å². The van der Waals surface area contributed by atoms with E-state index in [1.54, 1.807) is 0 Å². The van der Waals surface area contributed by atoms with Crippen LogP contribution in [0.15, 0.2) is 0 Å². The lowest BCUT2D eigenvalue weighted by molar-refractivity contribution is -0.180. The number of nitrogens with two attached hydrogens (primary N) is 1. The van der Waals surface area contributed by atoms with Crippen LogP contribution in [0.5, 0.6) is 0 Å². The van der Waals surface area contributed by atoms with Crippen LogP contribution in [0.25, 0.3) is 10.6 Å². The number of hydrogen-bond acceptors (Lipinski definition) is 6. The van der Waals surface area contributed by atoms with Gasteiger partial charge in [-0.1, -0.05) is 6.92 Å². The largest absolute Gasteiger partial charge is 0.400 e. The summed E-state index contributed by atoms with van der Waals surface area (Å²) in [5, 5.41) is 0.620. The molecule has 1 aliphatic heterocycles. The SMILES string of the molecule is C[C@@H]1CCN(C(=O)Cc2nc3c(s2)-c2nc(C(C)(C)C(F)(F)F)sc2CC3)[C@@H]1C(N)=O. The van der Waals surface area contributed by atoms with E-state index in [0.29, 0.717) is 36.5 Å². The molecule has 0 bridgehead atoms. The van der Waals surface area contributed by atoms with Crippen molar-refractivity contribution in [3.05, 3.63) is 20.6 Å². The lowest BCUT2D eigenvalue weighted by Crippen LogP contribution is -2.46. The number of halogens is 3. The highest BCUT2D eigenvalue weighted by atomic mass is 32.1. The number of amides is 2. The fourth-order valence-corrected chi connectivity index (χ4v) is 6.41. The summed E-state index contributed by atoms with van der Waals surface area (Å²) in [5.41, 5.74) is 4.77. The highest BCUT2D eigenvalue weighted by Crippen LogP contribution is 2.47. The van der Waals surface area contributed by atoms with Gasteiger partial charge in [-0.15, -0.1) is 22.7 Å². The van der Waals surface area contributed by atoms with Crippen molar-refractivity contribution in [1.82, 2.24) is 14.9 Å². The number of aromatic nitrogens is 2. The average Bonchev–Trinajstić information content (AvgIpc) is 3.35. The van der Waals surface area contributed by atoms with Crippen molar-refractivity contribution in [3.63, 3.8) is 0 Å². The molecule has 0 saturated carbocycles. The molecule has 11 heteroatoms. The van der Waals surface area contributed by atoms with Crippen LogP contribution in [0.3, 0.4) is 0 Å². The number of nitrogens with zero attached hydrogens (tertiary/aromatic N) is 3. The molecule has 3 heterocycles. The summed E-state index contributed by atoms with van der Waals surface area (Å²) in [6.45, 7) is 4.65. The minimum absolute atomic E-state index is 0.0129. The second-order valence-corrected chi connectivity index (χ2v) is 10.8. The van der Waals surface area contributed by atoms with Gasteiger partial charge in [-0.25, -0.2) is 9.97 Å². The Morgan fingerprint density at radius 3 is 2.55 bits per heavy atom. The first-order valence-corrected chi connectivity index (χ1v) is 11.7. The van der Waals surface area contributed by atoms with E-state index in [0.717, 1.165) is 40.6 Å². The van der Waals surface area contributed by atoms with E-state index in [9.17, 15) is 22.8 Å². The molecule has 2 atom stereocenters. The molecule has 6 nitrogen and oxygen atoms in total. The summed E-state index contributed by atoms with van der Waals surface area (Å²) in [5.74, 6) is -0.709. The molecule has 2 aromatic heterocycles. The van der Waals surface area contributed by atoms with Gasteiger partial charge in [0.1, 0.15) is 21.5 Å². The second-order valence-electron chi connectivity index (χ2n) is 8.67. The van der Waals surface area contributed by atoms with E-state index < -0.39 is 23.5 Å². The number of primary amides is 1. The van der Waals surface area contributed by atoms with Gasteiger partial charge < -0.3 is 10.6 Å². The highest BCUT2D eigenvalue weighted by Gasteiger charge is 2.51. The van der Waals surface area contributed by atoms with Crippen molar-refractivity contribution in [3.8, 4) is 10.6 Å². The number of carbonyl (C=O) groups is 2. The third-order valence-electron chi connectivity index (χ3n) is 6.10. The van der Waals surface area contributed by atoms with Gasteiger partial charge in [0.15, 0.2) is 0 Å². The van der Waals surface area contributed by atoms with Gasteiger partial charge in [0, 0.05) is 11.4 Å². The molecule has 1 fully saturated rings. The second kappa shape index (κ2) is 7.54. The number of thiazole rings is 2. The van der Waals surface area contributed by atoms with E-state index in [1.165, 1.54) is 16.2 Å². The molecule has 0 aromatic carbocycles. The van der Waals surface area contributed by atoms with Crippen molar-refractivity contribution >= 4 is 34.5 Å². The van der Waals surface area contributed by atoms with Crippen LogP contribution in [0.1, 0.15) is 47.8 Å². The first-order chi connectivity index (χ1) is 14.4. The molecule has 2 amide bonds. The predicted molar refractivity (Wildman–Crippen MR) is 112 cm³/mol. The van der Waals surface area contributed by atoms with Crippen LogP contribution in [0.4, 0.5) is 13.2 Å². The number of alkyl halides is 3. The van der Waals surface area contributed by atoms with Crippen molar-refractivity contribution in [2.45, 2.75) is 64.1 Å². The molecule has 1 aliphatic carbocycles. The van der Waals surface area contributed by atoms with E-state index in [-0.39, 0.29) is 23.3 Å². The number of aryl methyl sites for hydroxylation is 2. The van der Waals surface area contributed by atoms with E-state index in [4.69, 9.17) is 5.73 Å². The van der Waals surface area contributed by atoms with Gasteiger partial charge in [-0.05, 0) is 39.0 Å². The van der Waals surface area contributed by atoms with Crippen LogP contribution in [-0.2, 0) is 34.3 Å².